The minimum Gasteiger partial charge on any atom is -0.493 e. The monoisotopic (exact) mass is 510 g/mol. The Kier molecular flexibility index (Phi) is 6.47. The smallest absolute Gasteiger partial charge is 0.379 e. The van der Waals surface area contributed by atoms with Crippen LogP contribution < -0.4 is 15.0 Å². The third kappa shape index (κ3) is 4.75. The highest BCUT2D eigenvalue weighted by molar-refractivity contribution is 5.89. The van der Waals surface area contributed by atoms with E-state index in [-0.39, 0.29) is 28.8 Å². The number of hydrogen-bond donors (Lipinski definition) is 0. The molecule has 0 unspecified atom stereocenters. The van der Waals surface area contributed by atoms with Crippen molar-refractivity contribution >= 4 is 28.8 Å². The van der Waals surface area contributed by atoms with E-state index in [0.717, 1.165) is 4.68 Å². The van der Waals surface area contributed by atoms with Gasteiger partial charge in [-0.2, -0.15) is 9.78 Å². The van der Waals surface area contributed by atoms with E-state index in [1.165, 1.54) is 56.0 Å². The molecule has 0 aliphatic carbocycles. The Balaban J connectivity index is 1.53. The Labute approximate surface area is 214 Å². The summed E-state index contributed by atoms with van der Waals surface area (Å²) in [6.07, 6.45) is 2.79. The maximum absolute atomic E-state index is 13.3. The first-order chi connectivity index (χ1) is 18.4. The quantitative estimate of drug-likeness (QED) is 0.101. The van der Waals surface area contributed by atoms with Crippen LogP contribution in [-0.4, -0.2) is 33.9 Å². The summed E-state index contributed by atoms with van der Waals surface area (Å²) in [6.45, 7) is 0. The van der Waals surface area contributed by atoms with Crippen LogP contribution >= 0.6 is 0 Å². The van der Waals surface area contributed by atoms with Crippen molar-refractivity contribution < 1.29 is 23.6 Å². The van der Waals surface area contributed by atoms with Crippen LogP contribution in [0.5, 0.6) is 11.5 Å². The number of ether oxygens (including phenoxy) is 2. The number of esters is 1. The standard InChI is InChI=1S/C27H18N4O7/c1-36-24-15-17(8-13-22(24)38-27(33)23-7-4-14-37-23)16-28-30-25(18-9-11-19(12-10-18)31(34)35)29-21-6-3-2-5-20(21)26(30)32/h2-16H,1H3. The Morgan fingerprint density at radius 3 is 2.55 bits per heavy atom. The molecular formula is C27H18N4O7. The molecule has 0 bridgehead atoms. The zero-order valence-electron chi connectivity index (χ0n) is 19.8. The van der Waals surface area contributed by atoms with Crippen molar-refractivity contribution in [2.75, 3.05) is 7.11 Å². The van der Waals surface area contributed by atoms with Gasteiger partial charge in [0, 0.05) is 17.7 Å². The van der Waals surface area contributed by atoms with Crippen LogP contribution in [0, 0.1) is 10.1 Å². The lowest BCUT2D eigenvalue weighted by molar-refractivity contribution is -0.384. The molecule has 11 nitrogen and oxygen atoms in total. The maximum Gasteiger partial charge on any atom is 0.379 e. The fourth-order valence-electron chi connectivity index (χ4n) is 3.67. The van der Waals surface area contributed by atoms with Gasteiger partial charge in [0.05, 0.1) is 35.4 Å². The molecule has 188 valence electrons. The van der Waals surface area contributed by atoms with E-state index >= 15 is 0 Å². The van der Waals surface area contributed by atoms with Crippen LogP contribution in [0.4, 0.5) is 5.69 Å². The van der Waals surface area contributed by atoms with E-state index in [1.807, 2.05) is 0 Å². The largest absolute Gasteiger partial charge is 0.493 e. The number of nitro benzene ring substituents is 1. The SMILES string of the molecule is COc1cc(C=Nn2c(-c3ccc([N+](=O)[O-])cc3)nc3ccccc3c2=O)ccc1OC(=O)c1ccco1. The number of furan rings is 1. The van der Waals surface area contributed by atoms with Gasteiger partial charge in [-0.1, -0.05) is 12.1 Å². The number of benzene rings is 3. The molecule has 0 saturated heterocycles. The number of carbonyl (C=O) groups is 1. The third-order valence-electron chi connectivity index (χ3n) is 5.53. The molecular weight excluding hydrogens is 492 g/mol. The first-order valence-corrected chi connectivity index (χ1v) is 11.2. The number of carbonyl (C=O) groups excluding carboxylic acids is 1. The number of hydrogen-bond acceptors (Lipinski definition) is 9. The molecule has 5 rings (SSSR count). The van der Waals surface area contributed by atoms with Gasteiger partial charge < -0.3 is 13.9 Å². The van der Waals surface area contributed by atoms with Gasteiger partial charge in [0.15, 0.2) is 17.3 Å². The fourth-order valence-corrected chi connectivity index (χ4v) is 3.67. The van der Waals surface area contributed by atoms with Gasteiger partial charge in [-0.15, -0.1) is 0 Å². The molecule has 0 saturated carbocycles. The zero-order chi connectivity index (χ0) is 26.6. The van der Waals surface area contributed by atoms with Crippen LogP contribution in [-0.2, 0) is 0 Å². The summed E-state index contributed by atoms with van der Waals surface area (Å²) in [5.41, 5.74) is 0.951. The van der Waals surface area contributed by atoms with Crippen LogP contribution in [0.3, 0.4) is 0 Å². The highest BCUT2D eigenvalue weighted by Gasteiger charge is 2.16. The molecule has 0 amide bonds. The van der Waals surface area contributed by atoms with Crippen LogP contribution in [0.25, 0.3) is 22.3 Å². The molecule has 5 aromatic rings. The molecule has 0 aliphatic heterocycles. The van der Waals surface area contributed by atoms with E-state index in [4.69, 9.17) is 13.9 Å². The molecule has 3 aromatic carbocycles. The molecule has 0 fully saturated rings. The highest BCUT2D eigenvalue weighted by Crippen LogP contribution is 2.29. The number of nitrogens with zero attached hydrogens (tertiary/aromatic N) is 4. The Bertz CT molecular complexity index is 1740. The number of nitro groups is 1. The fraction of sp³-hybridized carbons (Fsp3) is 0.0370. The van der Waals surface area contributed by atoms with Crippen LogP contribution in [0.1, 0.15) is 16.1 Å². The second-order valence-electron chi connectivity index (χ2n) is 7.90. The number of non-ortho nitro benzene ring substituents is 1. The number of aromatic nitrogens is 2. The summed E-state index contributed by atoms with van der Waals surface area (Å²) >= 11 is 0. The second kappa shape index (κ2) is 10.2. The van der Waals surface area contributed by atoms with Crippen molar-refractivity contribution in [3.05, 3.63) is 117 Å². The van der Waals surface area contributed by atoms with E-state index in [2.05, 4.69) is 10.1 Å². The molecule has 0 spiro atoms. The number of methoxy groups -OCH3 is 1. The molecule has 0 radical (unpaired) electrons. The molecule has 0 atom stereocenters. The molecule has 2 heterocycles. The van der Waals surface area contributed by atoms with Gasteiger partial charge in [0.25, 0.3) is 11.2 Å². The Morgan fingerprint density at radius 2 is 1.84 bits per heavy atom. The lowest BCUT2D eigenvalue weighted by Gasteiger charge is -2.10. The normalized spacial score (nSPS) is 11.1. The van der Waals surface area contributed by atoms with E-state index in [0.29, 0.717) is 22.0 Å². The molecule has 38 heavy (non-hydrogen) atoms. The molecule has 0 N–H and O–H groups in total. The Morgan fingerprint density at radius 1 is 1.05 bits per heavy atom. The van der Waals surface area contributed by atoms with E-state index < -0.39 is 16.5 Å². The van der Waals surface area contributed by atoms with Gasteiger partial charge in [-0.3, -0.25) is 14.9 Å². The summed E-state index contributed by atoms with van der Waals surface area (Å²) in [6, 6.07) is 20.3. The molecule has 11 heteroatoms. The first kappa shape index (κ1) is 24.1. The summed E-state index contributed by atoms with van der Waals surface area (Å²) in [5, 5.41) is 15.8. The van der Waals surface area contributed by atoms with Crippen LogP contribution in [0.15, 0.2) is 99.4 Å². The third-order valence-corrected chi connectivity index (χ3v) is 5.53. The van der Waals surface area contributed by atoms with E-state index in [1.54, 1.807) is 42.5 Å². The zero-order valence-corrected chi connectivity index (χ0v) is 19.8. The van der Waals surface area contributed by atoms with Gasteiger partial charge in [0.2, 0.25) is 5.76 Å². The molecule has 2 aromatic heterocycles. The minimum atomic E-state index is -0.684. The minimum absolute atomic E-state index is 0.0413. The summed E-state index contributed by atoms with van der Waals surface area (Å²) in [7, 11) is 1.42. The van der Waals surface area contributed by atoms with Gasteiger partial charge in [-0.25, -0.2) is 9.78 Å². The second-order valence-corrected chi connectivity index (χ2v) is 7.90. The predicted octanol–water partition coefficient (Wildman–Crippen LogP) is 4.67. The van der Waals surface area contributed by atoms with Gasteiger partial charge in [0.1, 0.15) is 0 Å². The number of para-hydroxylation sites is 1. The summed E-state index contributed by atoms with van der Waals surface area (Å²) in [4.78, 5) is 40.7. The van der Waals surface area contributed by atoms with Crippen molar-refractivity contribution in [1.82, 2.24) is 9.66 Å². The van der Waals surface area contributed by atoms with Gasteiger partial charge >= 0.3 is 5.97 Å². The molecule has 0 aliphatic rings. The summed E-state index contributed by atoms with van der Waals surface area (Å²) in [5.74, 6) is -0.0118. The topological polar surface area (TPSA) is 139 Å². The van der Waals surface area contributed by atoms with Crippen molar-refractivity contribution in [2.24, 2.45) is 5.10 Å². The van der Waals surface area contributed by atoms with Crippen molar-refractivity contribution in [3.8, 4) is 22.9 Å². The van der Waals surface area contributed by atoms with Gasteiger partial charge in [-0.05, 0) is 60.2 Å². The number of fused-ring (bicyclic) bond motifs is 1. The first-order valence-electron chi connectivity index (χ1n) is 11.2. The van der Waals surface area contributed by atoms with Crippen LogP contribution in [0.2, 0.25) is 0 Å². The average Bonchev–Trinajstić information content (AvgIpc) is 3.48. The lowest BCUT2D eigenvalue weighted by atomic mass is 10.1. The predicted molar refractivity (Wildman–Crippen MR) is 138 cm³/mol. The van der Waals surface area contributed by atoms with Crippen molar-refractivity contribution in [2.45, 2.75) is 0 Å². The highest BCUT2D eigenvalue weighted by atomic mass is 16.6. The maximum atomic E-state index is 13.3. The Hall–Kier alpha value is -5.58. The van der Waals surface area contributed by atoms with E-state index in [9.17, 15) is 19.7 Å². The van der Waals surface area contributed by atoms with Crippen molar-refractivity contribution in [1.29, 1.82) is 0 Å². The summed E-state index contributed by atoms with van der Waals surface area (Å²) < 4.78 is 16.9. The average molecular weight is 510 g/mol. The number of rotatable bonds is 7. The van der Waals surface area contributed by atoms with Crippen molar-refractivity contribution in [3.63, 3.8) is 0 Å². The lowest BCUT2D eigenvalue weighted by Crippen LogP contribution is -2.20.